The molecule has 0 bridgehead atoms. The highest BCUT2D eigenvalue weighted by Gasteiger charge is 2.05. The summed E-state index contributed by atoms with van der Waals surface area (Å²) >= 11 is 0. The molecule has 4 rings (SSSR count). The summed E-state index contributed by atoms with van der Waals surface area (Å²) in [5, 5.41) is 3.02. The lowest BCUT2D eigenvalue weighted by molar-refractivity contribution is 0.602. The van der Waals surface area contributed by atoms with Gasteiger partial charge in [-0.3, -0.25) is 0 Å². The largest absolute Gasteiger partial charge is 0.464 e. The summed E-state index contributed by atoms with van der Waals surface area (Å²) in [5.41, 5.74) is 2.94. The van der Waals surface area contributed by atoms with Crippen molar-refractivity contribution in [2.24, 2.45) is 4.99 Å². The van der Waals surface area contributed by atoms with Crippen molar-refractivity contribution in [2.75, 3.05) is 0 Å². The molecule has 23 heavy (non-hydrogen) atoms. The predicted octanol–water partition coefficient (Wildman–Crippen LogP) is 4.78. The van der Waals surface area contributed by atoms with Gasteiger partial charge in [-0.05, 0) is 42.3 Å². The Hall–Kier alpha value is -2.94. The topological polar surface area (TPSA) is 38.4 Å². The molecule has 0 N–H and O–H groups in total. The number of hydrogen-bond acceptors (Lipinski definition) is 3. The molecule has 2 aromatic heterocycles. The van der Waals surface area contributed by atoms with Crippen LogP contribution in [-0.4, -0.2) is 4.98 Å². The van der Waals surface area contributed by atoms with Crippen LogP contribution >= 0.6 is 0 Å². The van der Waals surface area contributed by atoms with Crippen molar-refractivity contribution in [2.45, 2.75) is 13.3 Å². The minimum atomic E-state index is 0.780. The molecular weight excluding hydrogens is 284 g/mol. The number of para-hydroxylation sites is 2. The van der Waals surface area contributed by atoms with Gasteiger partial charge < -0.3 is 4.42 Å². The van der Waals surface area contributed by atoms with E-state index in [1.165, 1.54) is 0 Å². The first kappa shape index (κ1) is 13.7. The van der Waals surface area contributed by atoms with Crippen LogP contribution in [0.25, 0.3) is 21.9 Å². The van der Waals surface area contributed by atoms with Gasteiger partial charge in [0, 0.05) is 10.8 Å². The molecule has 0 fully saturated rings. The van der Waals surface area contributed by atoms with Gasteiger partial charge in [0.2, 0.25) is 0 Å². The smallest absolute Gasteiger partial charge is 0.156 e. The molecule has 0 saturated heterocycles. The molecule has 4 aromatic rings. The van der Waals surface area contributed by atoms with Crippen LogP contribution in [-0.2, 0) is 6.42 Å². The zero-order valence-electron chi connectivity index (χ0n) is 12.9. The highest BCUT2D eigenvalue weighted by atomic mass is 16.3. The maximum Gasteiger partial charge on any atom is 0.156 e. The monoisotopic (exact) mass is 300 g/mol. The molecule has 112 valence electrons. The highest BCUT2D eigenvalue weighted by Crippen LogP contribution is 2.23. The third-order valence-corrected chi connectivity index (χ3v) is 3.97. The number of pyridine rings is 1. The summed E-state index contributed by atoms with van der Waals surface area (Å²) in [6.45, 7) is 2.13. The van der Waals surface area contributed by atoms with Crippen LogP contribution in [0.4, 0.5) is 5.82 Å². The van der Waals surface area contributed by atoms with E-state index in [9.17, 15) is 0 Å². The number of aryl methyl sites for hydroxylation is 1. The quantitative estimate of drug-likeness (QED) is 0.534. The molecule has 0 atom stereocenters. The summed E-state index contributed by atoms with van der Waals surface area (Å²) in [6.07, 6.45) is 2.57. The van der Waals surface area contributed by atoms with Crippen molar-refractivity contribution in [1.29, 1.82) is 0 Å². The van der Waals surface area contributed by atoms with Crippen molar-refractivity contribution in [1.82, 2.24) is 4.98 Å². The number of hydrogen-bond donors (Lipinski definition) is 0. The van der Waals surface area contributed by atoms with E-state index in [-0.39, 0.29) is 0 Å². The lowest BCUT2D eigenvalue weighted by Crippen LogP contribution is -2.02. The van der Waals surface area contributed by atoms with Gasteiger partial charge in [0.05, 0.1) is 17.1 Å². The lowest BCUT2D eigenvalue weighted by Gasteiger charge is -2.05. The van der Waals surface area contributed by atoms with Gasteiger partial charge in [-0.2, -0.15) is 0 Å². The summed E-state index contributed by atoms with van der Waals surface area (Å²) in [4.78, 5) is 9.57. The third kappa shape index (κ3) is 2.50. The zero-order valence-corrected chi connectivity index (χ0v) is 12.9. The van der Waals surface area contributed by atoms with E-state index < -0.39 is 0 Å². The van der Waals surface area contributed by atoms with Gasteiger partial charge in [-0.25, -0.2) is 9.98 Å². The number of nitrogens with zero attached hydrogens (tertiary/aromatic N) is 2. The number of benzene rings is 2. The average Bonchev–Trinajstić information content (AvgIpc) is 2.61. The van der Waals surface area contributed by atoms with Crippen molar-refractivity contribution in [3.05, 3.63) is 77.8 Å². The Bertz CT molecular complexity index is 1060. The van der Waals surface area contributed by atoms with Gasteiger partial charge in [0.15, 0.2) is 5.82 Å². The van der Waals surface area contributed by atoms with Crippen LogP contribution in [0.15, 0.2) is 76.3 Å². The fourth-order valence-electron chi connectivity index (χ4n) is 2.76. The van der Waals surface area contributed by atoms with E-state index in [4.69, 9.17) is 14.4 Å². The van der Waals surface area contributed by atoms with Crippen LogP contribution in [0.2, 0.25) is 0 Å². The van der Waals surface area contributed by atoms with Gasteiger partial charge in [-0.15, -0.1) is 0 Å². The average molecular weight is 300 g/mol. The predicted molar refractivity (Wildman–Crippen MR) is 92.6 cm³/mol. The van der Waals surface area contributed by atoms with Gasteiger partial charge in [0.25, 0.3) is 0 Å². The second-order valence-electron chi connectivity index (χ2n) is 5.43. The summed E-state index contributed by atoms with van der Waals surface area (Å²) in [7, 11) is 0. The molecule has 0 aliphatic rings. The number of aromatic nitrogens is 1. The van der Waals surface area contributed by atoms with Crippen molar-refractivity contribution in [3.63, 3.8) is 0 Å². The molecule has 2 aromatic carbocycles. The first-order valence-electron chi connectivity index (χ1n) is 7.75. The van der Waals surface area contributed by atoms with E-state index in [1.54, 1.807) is 6.26 Å². The Kier molecular flexibility index (Phi) is 3.39. The van der Waals surface area contributed by atoms with E-state index in [1.807, 2.05) is 48.5 Å². The van der Waals surface area contributed by atoms with Gasteiger partial charge in [-0.1, -0.05) is 37.3 Å². The van der Waals surface area contributed by atoms with Gasteiger partial charge >= 0.3 is 0 Å². The maximum absolute atomic E-state index is 5.54. The first-order chi connectivity index (χ1) is 11.3. The van der Waals surface area contributed by atoms with Crippen molar-refractivity contribution >= 4 is 27.7 Å². The molecule has 2 heterocycles. The van der Waals surface area contributed by atoms with Crippen LogP contribution in [0, 0.1) is 0 Å². The summed E-state index contributed by atoms with van der Waals surface area (Å²) in [6, 6.07) is 20.1. The molecule has 0 spiro atoms. The van der Waals surface area contributed by atoms with E-state index >= 15 is 0 Å². The third-order valence-electron chi connectivity index (χ3n) is 3.97. The van der Waals surface area contributed by atoms with Crippen LogP contribution in [0.5, 0.6) is 0 Å². The van der Waals surface area contributed by atoms with Crippen LogP contribution < -0.4 is 5.36 Å². The summed E-state index contributed by atoms with van der Waals surface area (Å²) < 4.78 is 5.54. The fourth-order valence-corrected chi connectivity index (χ4v) is 2.76. The van der Waals surface area contributed by atoms with E-state index in [0.717, 1.165) is 45.0 Å². The van der Waals surface area contributed by atoms with Crippen molar-refractivity contribution in [3.8, 4) is 0 Å². The van der Waals surface area contributed by atoms with Crippen LogP contribution in [0.1, 0.15) is 12.5 Å². The minimum Gasteiger partial charge on any atom is -0.464 e. The standard InChI is InChI=1S/C20H16N2O/c1-2-14-13-15-7-3-5-9-17(15)21-20(14)22-18-11-12-23-19-10-6-4-8-16(18)19/h3-13H,2H2,1H3. The highest BCUT2D eigenvalue weighted by molar-refractivity contribution is 5.81. The second kappa shape index (κ2) is 5.69. The van der Waals surface area contributed by atoms with Gasteiger partial charge in [0.1, 0.15) is 5.58 Å². The van der Waals surface area contributed by atoms with E-state index in [2.05, 4.69) is 19.1 Å². The Labute approximate surface area is 134 Å². The van der Waals surface area contributed by atoms with Crippen molar-refractivity contribution < 1.29 is 4.42 Å². The first-order valence-corrected chi connectivity index (χ1v) is 7.75. The maximum atomic E-state index is 5.54. The molecule has 3 heteroatoms. The van der Waals surface area contributed by atoms with E-state index in [0.29, 0.717) is 0 Å². The summed E-state index contributed by atoms with van der Waals surface area (Å²) in [5.74, 6) is 0.780. The molecule has 0 unspecified atom stereocenters. The fraction of sp³-hybridized carbons (Fsp3) is 0.100. The SMILES string of the molecule is CCc1cc2ccccc2nc1N=c1ccoc2ccccc12. The molecule has 0 radical (unpaired) electrons. The minimum absolute atomic E-state index is 0.780. The number of rotatable bonds is 2. The molecule has 0 aliphatic carbocycles. The zero-order chi connectivity index (χ0) is 15.6. The van der Waals surface area contributed by atoms with Crippen LogP contribution in [0.3, 0.4) is 0 Å². The Morgan fingerprint density at radius 1 is 1.00 bits per heavy atom. The Morgan fingerprint density at radius 3 is 2.74 bits per heavy atom. The molecule has 0 aliphatic heterocycles. The Morgan fingerprint density at radius 2 is 1.83 bits per heavy atom. The molecule has 0 saturated carbocycles. The lowest BCUT2D eigenvalue weighted by atomic mass is 10.1. The molecular formula is C20H16N2O. The number of fused-ring (bicyclic) bond motifs is 2. The normalized spacial score (nSPS) is 12.1. The Balaban J connectivity index is 2.01. The molecule has 0 amide bonds. The molecule has 3 nitrogen and oxygen atoms in total. The second-order valence-corrected chi connectivity index (χ2v) is 5.43.